The molecule has 0 aromatic heterocycles. The summed E-state index contributed by atoms with van der Waals surface area (Å²) in [5.41, 5.74) is 0. The van der Waals surface area contributed by atoms with Gasteiger partial charge in [0.15, 0.2) is 0 Å². The monoisotopic (exact) mass is 446 g/mol. The maximum absolute atomic E-state index is 10.3. The van der Waals surface area contributed by atoms with Gasteiger partial charge in [-0.05, 0) is 32.1 Å². The molecular formula is C24H46O7. The summed E-state index contributed by atoms with van der Waals surface area (Å²) in [6, 6.07) is 0. The summed E-state index contributed by atoms with van der Waals surface area (Å²) in [7, 11) is 0. The molecule has 4 unspecified atom stereocenters. The molecule has 0 aromatic rings. The zero-order chi connectivity index (χ0) is 23.3. The van der Waals surface area contributed by atoms with Crippen molar-refractivity contribution in [2.45, 2.75) is 121 Å². The molecule has 1 fully saturated rings. The van der Waals surface area contributed by atoms with Gasteiger partial charge in [0.05, 0.1) is 13.2 Å². The van der Waals surface area contributed by atoms with Crippen molar-refractivity contribution in [2.24, 2.45) is 0 Å². The summed E-state index contributed by atoms with van der Waals surface area (Å²) >= 11 is 0. The van der Waals surface area contributed by atoms with Crippen molar-refractivity contribution in [1.29, 1.82) is 0 Å². The highest BCUT2D eigenvalue weighted by Crippen LogP contribution is 2.17. The number of hydrogen-bond donors (Lipinski definition) is 5. The second-order valence-electron chi connectivity index (χ2n) is 8.33. The van der Waals surface area contributed by atoms with Gasteiger partial charge in [0.25, 0.3) is 0 Å². The molecule has 4 atom stereocenters. The fourth-order valence-electron chi connectivity index (χ4n) is 3.42. The van der Waals surface area contributed by atoms with E-state index in [-0.39, 0.29) is 6.61 Å². The number of unbranched alkanes of at least 4 members (excludes halogenated alkanes) is 11. The smallest absolute Gasteiger partial charge is 0.303 e. The minimum absolute atomic E-state index is 0.00287. The van der Waals surface area contributed by atoms with Crippen LogP contribution in [0.1, 0.15) is 96.8 Å². The third-order valence-electron chi connectivity index (χ3n) is 5.41. The Labute approximate surface area is 188 Å². The Hall–Kier alpha value is -0.990. The molecule has 1 rings (SSSR count). The van der Waals surface area contributed by atoms with E-state index >= 15 is 0 Å². The van der Waals surface area contributed by atoms with Crippen LogP contribution < -0.4 is 0 Å². The predicted octanol–water partition coefficient (Wildman–Crippen LogP) is 3.57. The molecule has 1 aliphatic rings. The first-order valence-electron chi connectivity index (χ1n) is 12.1. The molecule has 0 spiro atoms. The lowest BCUT2D eigenvalue weighted by atomic mass is 10.1. The van der Waals surface area contributed by atoms with Crippen LogP contribution in [0.25, 0.3) is 0 Å². The summed E-state index contributed by atoms with van der Waals surface area (Å²) in [6.07, 6.45) is 17.2. The largest absolute Gasteiger partial charge is 0.481 e. The van der Waals surface area contributed by atoms with Gasteiger partial charge < -0.3 is 30.3 Å². The fraction of sp³-hybridized carbons (Fsp3) is 0.875. The highest BCUT2D eigenvalue weighted by molar-refractivity contribution is 5.66. The van der Waals surface area contributed by atoms with Gasteiger partial charge in [-0.15, -0.1) is 0 Å². The Balaban J connectivity index is 0.000000683. The third kappa shape index (κ3) is 17.3. The average Bonchev–Trinajstić information content (AvgIpc) is 3.09. The molecule has 1 saturated heterocycles. The number of allylic oxidation sites excluding steroid dienone is 2. The summed E-state index contributed by atoms with van der Waals surface area (Å²) in [5.74, 6) is -0.664. The van der Waals surface area contributed by atoms with Crippen molar-refractivity contribution < 1.29 is 35.1 Å². The lowest BCUT2D eigenvalue weighted by Crippen LogP contribution is -2.40. The van der Waals surface area contributed by atoms with Crippen LogP contribution in [0.3, 0.4) is 0 Å². The van der Waals surface area contributed by atoms with E-state index in [9.17, 15) is 4.79 Å². The maximum atomic E-state index is 10.3. The second-order valence-corrected chi connectivity index (χ2v) is 8.33. The number of aliphatic hydroxyl groups is 4. The summed E-state index contributed by atoms with van der Waals surface area (Å²) < 4.78 is 4.82. The highest BCUT2D eigenvalue weighted by atomic mass is 16.5. The van der Waals surface area contributed by atoms with Crippen LogP contribution in [0.4, 0.5) is 0 Å². The van der Waals surface area contributed by atoms with Crippen LogP contribution in [0.5, 0.6) is 0 Å². The third-order valence-corrected chi connectivity index (χ3v) is 5.41. The van der Waals surface area contributed by atoms with Crippen LogP contribution in [0.15, 0.2) is 12.2 Å². The highest BCUT2D eigenvalue weighted by Gasteiger charge is 2.38. The fourth-order valence-corrected chi connectivity index (χ4v) is 3.42. The minimum Gasteiger partial charge on any atom is -0.481 e. The van der Waals surface area contributed by atoms with E-state index in [1.54, 1.807) is 0 Å². The molecular weight excluding hydrogens is 400 g/mol. The first-order chi connectivity index (χ1) is 14.9. The molecule has 7 heteroatoms. The van der Waals surface area contributed by atoms with E-state index in [1.165, 1.54) is 70.6 Å². The molecule has 1 heterocycles. The van der Waals surface area contributed by atoms with Crippen LogP contribution in [-0.4, -0.2) is 69.1 Å². The molecule has 184 valence electrons. The summed E-state index contributed by atoms with van der Waals surface area (Å²) in [4.78, 5) is 10.3. The summed E-state index contributed by atoms with van der Waals surface area (Å²) in [5, 5.41) is 44.0. The lowest BCUT2D eigenvalue weighted by molar-refractivity contribution is -0.137. The SMILES string of the molecule is CCCCCCCCC=CCCCCCCCC(=O)O.OCC(O)C1OCC(O)C1O. The van der Waals surface area contributed by atoms with Crippen LogP contribution in [0.2, 0.25) is 0 Å². The number of carbonyl (C=O) groups is 1. The van der Waals surface area contributed by atoms with Gasteiger partial charge in [0, 0.05) is 6.42 Å². The topological polar surface area (TPSA) is 127 Å². The molecule has 31 heavy (non-hydrogen) atoms. The Morgan fingerprint density at radius 1 is 0.935 bits per heavy atom. The van der Waals surface area contributed by atoms with E-state index in [0.29, 0.717) is 6.42 Å². The second kappa shape index (κ2) is 20.9. The Bertz CT molecular complexity index is 442. The van der Waals surface area contributed by atoms with Crippen LogP contribution in [0, 0.1) is 0 Å². The van der Waals surface area contributed by atoms with Crippen molar-refractivity contribution in [3.63, 3.8) is 0 Å². The molecule has 0 amide bonds. The van der Waals surface area contributed by atoms with Gasteiger partial charge in [0.2, 0.25) is 0 Å². The van der Waals surface area contributed by atoms with E-state index in [1.807, 2.05) is 0 Å². The number of aliphatic carboxylic acids is 1. The van der Waals surface area contributed by atoms with E-state index in [4.69, 9.17) is 30.3 Å². The number of hydrogen-bond acceptors (Lipinski definition) is 6. The quantitative estimate of drug-likeness (QED) is 0.171. The van der Waals surface area contributed by atoms with Gasteiger partial charge in [0.1, 0.15) is 24.4 Å². The Kier molecular flexibility index (Phi) is 20.2. The standard InChI is InChI=1S/C18H34O2.C6H12O5/c1-2-3-4-5-6-7-8-9-10-11-12-13-14-15-16-17-18(19)20;7-1-3(8)6-5(10)4(9)2-11-6/h9-10H,2-8,11-17H2,1H3,(H,19,20);3-10H,1-2H2. The van der Waals surface area contributed by atoms with E-state index in [2.05, 4.69) is 19.1 Å². The number of carboxylic acid groups (broad SMARTS) is 1. The van der Waals surface area contributed by atoms with E-state index < -0.39 is 37.0 Å². The molecule has 0 radical (unpaired) electrons. The Morgan fingerprint density at radius 3 is 1.90 bits per heavy atom. The van der Waals surface area contributed by atoms with Gasteiger partial charge in [-0.25, -0.2) is 0 Å². The Morgan fingerprint density at radius 2 is 1.45 bits per heavy atom. The normalized spacial score (nSPS) is 21.8. The van der Waals surface area contributed by atoms with Gasteiger partial charge >= 0.3 is 5.97 Å². The maximum Gasteiger partial charge on any atom is 0.303 e. The molecule has 0 bridgehead atoms. The molecule has 0 saturated carbocycles. The predicted molar refractivity (Wildman–Crippen MR) is 122 cm³/mol. The zero-order valence-corrected chi connectivity index (χ0v) is 19.3. The van der Waals surface area contributed by atoms with Gasteiger partial charge in [-0.3, -0.25) is 4.79 Å². The average molecular weight is 447 g/mol. The van der Waals surface area contributed by atoms with Crippen LogP contribution >= 0.6 is 0 Å². The summed E-state index contributed by atoms with van der Waals surface area (Å²) in [6.45, 7) is 1.78. The van der Waals surface area contributed by atoms with Crippen molar-refractivity contribution >= 4 is 5.97 Å². The molecule has 7 nitrogen and oxygen atoms in total. The van der Waals surface area contributed by atoms with E-state index in [0.717, 1.165) is 12.8 Å². The number of ether oxygens (including phenoxy) is 1. The van der Waals surface area contributed by atoms with Gasteiger partial charge in [-0.1, -0.05) is 70.4 Å². The number of rotatable bonds is 17. The molecule has 0 aliphatic carbocycles. The van der Waals surface area contributed by atoms with Crippen LogP contribution in [-0.2, 0) is 9.53 Å². The molecule has 1 aliphatic heterocycles. The first kappa shape index (κ1) is 30.0. The molecule has 5 N–H and O–H groups in total. The number of aliphatic hydroxyl groups excluding tert-OH is 4. The zero-order valence-electron chi connectivity index (χ0n) is 19.3. The van der Waals surface area contributed by atoms with Crippen molar-refractivity contribution in [3.05, 3.63) is 12.2 Å². The van der Waals surface area contributed by atoms with Crippen molar-refractivity contribution in [3.8, 4) is 0 Å². The molecule has 0 aromatic carbocycles. The first-order valence-corrected chi connectivity index (χ1v) is 12.1. The number of carboxylic acids is 1. The minimum atomic E-state index is -1.12. The van der Waals surface area contributed by atoms with Crippen molar-refractivity contribution in [2.75, 3.05) is 13.2 Å². The lowest BCUT2D eigenvalue weighted by Gasteiger charge is -2.18. The van der Waals surface area contributed by atoms with Gasteiger partial charge in [-0.2, -0.15) is 0 Å². The van der Waals surface area contributed by atoms with Crippen molar-refractivity contribution in [1.82, 2.24) is 0 Å².